The number of hydrogen-bond acceptors (Lipinski definition) is 2. The number of nitrogens with zero attached hydrogens (tertiary/aromatic N) is 2. The van der Waals surface area contributed by atoms with Gasteiger partial charge >= 0.3 is 0 Å². The first-order chi connectivity index (χ1) is 9.42. The van der Waals surface area contributed by atoms with Crippen LogP contribution in [0.4, 0.5) is 5.69 Å². The van der Waals surface area contributed by atoms with Crippen molar-refractivity contribution in [3.05, 3.63) is 59.9 Å². The lowest BCUT2D eigenvalue weighted by Crippen LogP contribution is -2.17. The molecule has 0 radical (unpaired) electrons. The van der Waals surface area contributed by atoms with E-state index in [2.05, 4.69) is 46.3 Å². The van der Waals surface area contributed by atoms with E-state index in [1.807, 2.05) is 12.3 Å². The van der Waals surface area contributed by atoms with Crippen molar-refractivity contribution in [3.8, 4) is 0 Å². The average Bonchev–Trinajstić information content (AvgIpc) is 3.01. The minimum atomic E-state index is 1.02. The molecule has 2 heterocycles. The number of hydrogen-bond donors (Lipinski definition) is 0. The zero-order valence-electron chi connectivity index (χ0n) is 11.3. The molecule has 1 aliphatic heterocycles. The molecular formula is C17H20N2. The van der Waals surface area contributed by atoms with Crippen molar-refractivity contribution in [1.82, 2.24) is 4.98 Å². The van der Waals surface area contributed by atoms with E-state index in [1.165, 1.54) is 42.9 Å². The van der Waals surface area contributed by atoms with Gasteiger partial charge in [-0.15, -0.1) is 0 Å². The molecule has 1 aromatic heterocycles. The highest BCUT2D eigenvalue weighted by Gasteiger charge is 2.11. The van der Waals surface area contributed by atoms with Gasteiger partial charge in [0.1, 0.15) is 0 Å². The van der Waals surface area contributed by atoms with E-state index in [-0.39, 0.29) is 0 Å². The minimum Gasteiger partial charge on any atom is -0.372 e. The molecule has 0 aliphatic carbocycles. The second-order valence-corrected chi connectivity index (χ2v) is 5.18. The van der Waals surface area contributed by atoms with Gasteiger partial charge in [-0.2, -0.15) is 0 Å². The summed E-state index contributed by atoms with van der Waals surface area (Å²) in [6.45, 7) is 2.43. The molecule has 0 saturated carbocycles. The van der Waals surface area contributed by atoms with E-state index in [1.54, 1.807) is 0 Å². The maximum absolute atomic E-state index is 4.37. The summed E-state index contributed by atoms with van der Waals surface area (Å²) in [5, 5.41) is 0. The highest BCUT2D eigenvalue weighted by atomic mass is 15.1. The van der Waals surface area contributed by atoms with Gasteiger partial charge in [-0.25, -0.2) is 0 Å². The molecule has 1 saturated heterocycles. The number of benzene rings is 1. The van der Waals surface area contributed by atoms with E-state index in [0.29, 0.717) is 0 Å². The minimum absolute atomic E-state index is 1.02. The van der Waals surface area contributed by atoms with E-state index in [4.69, 9.17) is 0 Å². The van der Waals surface area contributed by atoms with Gasteiger partial charge in [-0.05, 0) is 55.5 Å². The monoisotopic (exact) mass is 252 g/mol. The normalized spacial score (nSPS) is 14.8. The van der Waals surface area contributed by atoms with Crippen LogP contribution in [0.3, 0.4) is 0 Å². The topological polar surface area (TPSA) is 16.1 Å². The summed E-state index contributed by atoms with van der Waals surface area (Å²) in [6.07, 6.45) is 6.62. The summed E-state index contributed by atoms with van der Waals surface area (Å²) in [5.74, 6) is 0. The van der Waals surface area contributed by atoms with E-state index >= 15 is 0 Å². The summed E-state index contributed by atoms with van der Waals surface area (Å²) in [5.41, 5.74) is 3.94. The van der Waals surface area contributed by atoms with Gasteiger partial charge in [0.15, 0.2) is 0 Å². The van der Waals surface area contributed by atoms with E-state index in [9.17, 15) is 0 Å². The number of anilines is 1. The number of rotatable bonds is 4. The smallest absolute Gasteiger partial charge is 0.0406 e. The van der Waals surface area contributed by atoms with Crippen LogP contribution in [0.5, 0.6) is 0 Å². The van der Waals surface area contributed by atoms with Crippen LogP contribution in [0, 0.1) is 0 Å². The van der Waals surface area contributed by atoms with Crippen molar-refractivity contribution in [2.75, 3.05) is 18.0 Å². The predicted molar refractivity (Wildman–Crippen MR) is 79.5 cm³/mol. The Hall–Kier alpha value is -1.83. The van der Waals surface area contributed by atoms with Crippen LogP contribution < -0.4 is 4.90 Å². The first kappa shape index (κ1) is 12.2. The molecule has 0 atom stereocenters. The van der Waals surface area contributed by atoms with Crippen molar-refractivity contribution < 1.29 is 0 Å². The molecule has 2 aromatic rings. The van der Waals surface area contributed by atoms with Crippen molar-refractivity contribution in [1.29, 1.82) is 0 Å². The van der Waals surface area contributed by atoms with Gasteiger partial charge in [0.2, 0.25) is 0 Å². The summed E-state index contributed by atoms with van der Waals surface area (Å²) >= 11 is 0. The number of pyridine rings is 1. The third-order valence-electron chi connectivity index (χ3n) is 3.80. The Morgan fingerprint density at radius 3 is 2.37 bits per heavy atom. The quantitative estimate of drug-likeness (QED) is 0.828. The van der Waals surface area contributed by atoms with Crippen LogP contribution in [0.2, 0.25) is 0 Å². The highest BCUT2D eigenvalue weighted by Crippen LogP contribution is 2.20. The Morgan fingerprint density at radius 2 is 1.68 bits per heavy atom. The molecule has 0 amide bonds. The van der Waals surface area contributed by atoms with Crippen LogP contribution in [-0.4, -0.2) is 18.1 Å². The Kier molecular flexibility index (Phi) is 3.78. The van der Waals surface area contributed by atoms with Crippen molar-refractivity contribution in [2.45, 2.75) is 25.7 Å². The van der Waals surface area contributed by atoms with Gasteiger partial charge in [0.25, 0.3) is 0 Å². The van der Waals surface area contributed by atoms with Crippen LogP contribution in [-0.2, 0) is 12.8 Å². The fourth-order valence-corrected chi connectivity index (χ4v) is 2.67. The average molecular weight is 252 g/mol. The van der Waals surface area contributed by atoms with Gasteiger partial charge in [-0.3, -0.25) is 4.98 Å². The van der Waals surface area contributed by atoms with Crippen molar-refractivity contribution >= 4 is 5.69 Å². The molecule has 98 valence electrons. The Labute approximate surface area is 115 Å². The van der Waals surface area contributed by atoms with Crippen molar-refractivity contribution in [3.63, 3.8) is 0 Å². The molecule has 19 heavy (non-hydrogen) atoms. The molecule has 3 rings (SSSR count). The fraction of sp³-hybridized carbons (Fsp3) is 0.353. The van der Waals surface area contributed by atoms with Gasteiger partial charge in [0, 0.05) is 30.7 Å². The second kappa shape index (κ2) is 5.87. The predicted octanol–water partition coefficient (Wildman–Crippen LogP) is 3.47. The number of aromatic nitrogens is 1. The highest BCUT2D eigenvalue weighted by molar-refractivity contribution is 5.48. The fourth-order valence-electron chi connectivity index (χ4n) is 2.67. The number of aryl methyl sites for hydroxylation is 2. The van der Waals surface area contributed by atoms with Crippen LogP contribution in [0.15, 0.2) is 48.7 Å². The Balaban J connectivity index is 1.60. The zero-order chi connectivity index (χ0) is 12.9. The first-order valence-electron chi connectivity index (χ1n) is 7.16. The maximum atomic E-state index is 4.37. The zero-order valence-corrected chi connectivity index (χ0v) is 11.3. The molecule has 2 heteroatoms. The third-order valence-corrected chi connectivity index (χ3v) is 3.80. The molecule has 1 aromatic carbocycles. The largest absolute Gasteiger partial charge is 0.372 e. The Bertz CT molecular complexity index is 499. The first-order valence-corrected chi connectivity index (χ1v) is 7.16. The molecule has 1 aliphatic rings. The lowest BCUT2D eigenvalue weighted by molar-refractivity contribution is 0.911. The SMILES string of the molecule is c1ccc(CCc2ccc(N3CCCC3)cc2)nc1. The molecule has 2 nitrogen and oxygen atoms in total. The van der Waals surface area contributed by atoms with E-state index in [0.717, 1.165) is 12.8 Å². The van der Waals surface area contributed by atoms with Crippen LogP contribution >= 0.6 is 0 Å². The maximum Gasteiger partial charge on any atom is 0.0406 e. The summed E-state index contributed by atoms with van der Waals surface area (Å²) in [6, 6.07) is 15.2. The molecule has 0 unspecified atom stereocenters. The van der Waals surface area contributed by atoms with Gasteiger partial charge in [-0.1, -0.05) is 18.2 Å². The van der Waals surface area contributed by atoms with Crippen LogP contribution in [0.1, 0.15) is 24.1 Å². The van der Waals surface area contributed by atoms with Crippen LogP contribution in [0.25, 0.3) is 0 Å². The van der Waals surface area contributed by atoms with Gasteiger partial charge < -0.3 is 4.90 Å². The Morgan fingerprint density at radius 1 is 0.895 bits per heavy atom. The molecule has 0 spiro atoms. The molecule has 0 N–H and O–H groups in total. The second-order valence-electron chi connectivity index (χ2n) is 5.18. The van der Waals surface area contributed by atoms with E-state index < -0.39 is 0 Å². The lowest BCUT2D eigenvalue weighted by atomic mass is 10.1. The summed E-state index contributed by atoms with van der Waals surface area (Å²) in [7, 11) is 0. The molecular weight excluding hydrogens is 232 g/mol. The van der Waals surface area contributed by atoms with Crippen molar-refractivity contribution in [2.24, 2.45) is 0 Å². The lowest BCUT2D eigenvalue weighted by Gasteiger charge is -2.17. The van der Waals surface area contributed by atoms with Gasteiger partial charge in [0.05, 0.1) is 0 Å². The molecule has 1 fully saturated rings. The third kappa shape index (κ3) is 3.14. The standard InChI is InChI=1S/C17H20N2/c1-2-12-18-16(5-1)9-6-15-7-10-17(11-8-15)19-13-3-4-14-19/h1-2,5,7-8,10-12H,3-4,6,9,13-14H2. The molecule has 0 bridgehead atoms. The summed E-state index contributed by atoms with van der Waals surface area (Å²) < 4.78 is 0. The summed E-state index contributed by atoms with van der Waals surface area (Å²) in [4.78, 5) is 6.84.